The van der Waals surface area contributed by atoms with Gasteiger partial charge in [0.15, 0.2) is 18.1 Å². The van der Waals surface area contributed by atoms with Crippen molar-refractivity contribution in [3.8, 4) is 11.5 Å². The Morgan fingerprint density at radius 3 is 2.71 bits per heavy atom. The molecule has 1 N–H and O–H groups in total. The zero-order chi connectivity index (χ0) is 19.3. The lowest BCUT2D eigenvalue weighted by Gasteiger charge is -2.26. The zero-order valence-electron chi connectivity index (χ0n) is 15.0. The van der Waals surface area contributed by atoms with Crippen molar-refractivity contribution in [3.05, 3.63) is 66.4 Å². The molecule has 1 amide bonds. The number of rotatable bonds is 5. The first-order valence-electron chi connectivity index (χ1n) is 8.87. The lowest BCUT2D eigenvalue weighted by molar-refractivity contribution is -0.124. The summed E-state index contributed by atoms with van der Waals surface area (Å²) in [6.45, 7) is 0.189. The van der Waals surface area contributed by atoms with Gasteiger partial charge in [0.05, 0.1) is 12.1 Å². The van der Waals surface area contributed by atoms with Crippen LogP contribution in [0, 0.1) is 0 Å². The molecule has 0 saturated carbocycles. The molecule has 7 nitrogen and oxygen atoms in total. The number of ether oxygens (including phenoxy) is 3. The van der Waals surface area contributed by atoms with Crippen LogP contribution in [0.3, 0.4) is 0 Å². The zero-order valence-corrected chi connectivity index (χ0v) is 15.0. The van der Waals surface area contributed by atoms with Crippen LogP contribution in [0.2, 0.25) is 0 Å². The van der Waals surface area contributed by atoms with E-state index in [1.165, 1.54) is 0 Å². The predicted molar refractivity (Wildman–Crippen MR) is 101 cm³/mol. The van der Waals surface area contributed by atoms with Crippen molar-refractivity contribution in [3.63, 3.8) is 0 Å². The van der Waals surface area contributed by atoms with Crippen LogP contribution in [0.25, 0.3) is 10.9 Å². The van der Waals surface area contributed by atoms with E-state index in [1.807, 2.05) is 48.5 Å². The number of amides is 1. The highest BCUT2D eigenvalue weighted by Crippen LogP contribution is 2.30. The minimum atomic E-state index is -0.646. The van der Waals surface area contributed by atoms with E-state index in [0.29, 0.717) is 23.6 Å². The van der Waals surface area contributed by atoms with Crippen LogP contribution in [-0.2, 0) is 9.53 Å². The van der Waals surface area contributed by atoms with Gasteiger partial charge >= 0.3 is 5.97 Å². The molecular formula is C21H18N2O5. The maximum Gasteiger partial charge on any atom is 0.357 e. The number of nitrogens with one attached hydrogen (secondary N) is 1. The van der Waals surface area contributed by atoms with Crippen molar-refractivity contribution in [2.45, 2.75) is 6.10 Å². The van der Waals surface area contributed by atoms with E-state index in [-0.39, 0.29) is 18.3 Å². The van der Waals surface area contributed by atoms with Crippen LogP contribution < -0.4 is 14.8 Å². The van der Waals surface area contributed by atoms with E-state index < -0.39 is 18.5 Å². The average Bonchev–Trinajstić information content (AvgIpc) is 2.75. The van der Waals surface area contributed by atoms with Crippen LogP contribution in [-0.4, -0.2) is 42.7 Å². The lowest BCUT2D eigenvalue weighted by atomic mass is 10.2. The van der Waals surface area contributed by atoms with E-state index in [4.69, 9.17) is 14.2 Å². The number of carbonyl (C=O) groups excluding carboxylic acids is 2. The van der Waals surface area contributed by atoms with E-state index in [2.05, 4.69) is 10.3 Å². The highest BCUT2D eigenvalue weighted by atomic mass is 16.6. The van der Waals surface area contributed by atoms with Gasteiger partial charge in [-0.15, -0.1) is 0 Å². The van der Waals surface area contributed by atoms with Gasteiger partial charge in [-0.05, 0) is 24.3 Å². The number of para-hydroxylation sites is 3. The van der Waals surface area contributed by atoms with Gasteiger partial charge in [0.25, 0.3) is 5.91 Å². The first-order valence-corrected chi connectivity index (χ1v) is 8.87. The van der Waals surface area contributed by atoms with Gasteiger partial charge in [0, 0.05) is 5.39 Å². The minimum absolute atomic E-state index is 0.159. The molecule has 0 radical (unpaired) electrons. The van der Waals surface area contributed by atoms with Crippen LogP contribution in [0.5, 0.6) is 11.5 Å². The first-order chi connectivity index (χ1) is 13.7. The molecule has 1 aromatic heterocycles. The third-order valence-electron chi connectivity index (χ3n) is 4.24. The van der Waals surface area contributed by atoms with E-state index in [9.17, 15) is 9.59 Å². The number of fused-ring (bicyclic) bond motifs is 2. The Hall–Kier alpha value is -3.61. The van der Waals surface area contributed by atoms with Gasteiger partial charge in [-0.3, -0.25) is 4.79 Å². The second kappa shape index (κ2) is 7.96. The molecule has 0 fully saturated rings. The Bertz CT molecular complexity index is 1020. The van der Waals surface area contributed by atoms with Crippen molar-refractivity contribution in [1.82, 2.24) is 10.3 Å². The van der Waals surface area contributed by atoms with Crippen molar-refractivity contribution >= 4 is 22.8 Å². The summed E-state index contributed by atoms with van der Waals surface area (Å²) in [6, 6.07) is 18.2. The third kappa shape index (κ3) is 4.03. The monoisotopic (exact) mass is 378 g/mol. The molecule has 0 aliphatic carbocycles. The number of carbonyl (C=O) groups is 2. The van der Waals surface area contributed by atoms with Crippen LogP contribution >= 0.6 is 0 Å². The molecule has 4 rings (SSSR count). The molecular weight excluding hydrogens is 360 g/mol. The largest absolute Gasteiger partial charge is 0.486 e. The van der Waals surface area contributed by atoms with Crippen molar-refractivity contribution in [2.24, 2.45) is 0 Å². The summed E-state index contributed by atoms with van der Waals surface area (Å²) in [6.07, 6.45) is -0.309. The number of benzene rings is 2. The first kappa shape index (κ1) is 17.8. The Kier molecular flexibility index (Phi) is 5.05. The van der Waals surface area contributed by atoms with E-state index in [0.717, 1.165) is 5.39 Å². The topological polar surface area (TPSA) is 86.8 Å². The standard InChI is InChI=1S/C21H18N2O5/c24-20(22-11-15-12-26-18-7-3-4-8-19(18)28-15)13-27-21(25)17-10-9-14-5-1-2-6-16(14)23-17/h1-10,15H,11-13H2,(H,22,24). The SMILES string of the molecule is O=C(COC(=O)c1ccc2ccccc2n1)NCC1COc2ccccc2O1. The molecule has 1 aliphatic heterocycles. The summed E-state index contributed by atoms with van der Waals surface area (Å²) in [5, 5.41) is 3.60. The second-order valence-corrected chi connectivity index (χ2v) is 6.27. The molecule has 3 aromatic rings. The van der Waals surface area contributed by atoms with Gasteiger partial charge in [0.1, 0.15) is 18.4 Å². The van der Waals surface area contributed by atoms with E-state index in [1.54, 1.807) is 12.1 Å². The summed E-state index contributed by atoms with van der Waals surface area (Å²) >= 11 is 0. The number of hydrogen-bond donors (Lipinski definition) is 1. The lowest BCUT2D eigenvalue weighted by Crippen LogP contribution is -2.42. The molecule has 2 heterocycles. The smallest absolute Gasteiger partial charge is 0.357 e. The highest BCUT2D eigenvalue weighted by molar-refractivity contribution is 5.92. The summed E-state index contributed by atoms with van der Waals surface area (Å²) in [7, 11) is 0. The number of pyridine rings is 1. The fourth-order valence-electron chi connectivity index (χ4n) is 2.83. The Labute approximate surface area is 161 Å². The predicted octanol–water partition coefficient (Wildman–Crippen LogP) is 2.35. The molecule has 1 aliphatic rings. The number of hydrogen-bond acceptors (Lipinski definition) is 6. The molecule has 0 bridgehead atoms. The van der Waals surface area contributed by atoms with Crippen molar-refractivity contribution in [2.75, 3.05) is 19.8 Å². The van der Waals surface area contributed by atoms with Gasteiger partial charge in [-0.25, -0.2) is 9.78 Å². The third-order valence-corrected chi connectivity index (χ3v) is 4.24. The Morgan fingerprint density at radius 1 is 1.04 bits per heavy atom. The maximum absolute atomic E-state index is 12.1. The Morgan fingerprint density at radius 2 is 1.82 bits per heavy atom. The van der Waals surface area contributed by atoms with Crippen LogP contribution in [0.15, 0.2) is 60.7 Å². The highest BCUT2D eigenvalue weighted by Gasteiger charge is 2.21. The number of aromatic nitrogens is 1. The number of esters is 1. The maximum atomic E-state index is 12.1. The van der Waals surface area contributed by atoms with Crippen LogP contribution in [0.1, 0.15) is 10.5 Å². The Balaban J connectivity index is 1.25. The van der Waals surface area contributed by atoms with E-state index >= 15 is 0 Å². The second-order valence-electron chi connectivity index (χ2n) is 6.27. The molecule has 1 unspecified atom stereocenters. The normalized spacial score (nSPS) is 15.1. The molecule has 1 atom stereocenters. The minimum Gasteiger partial charge on any atom is -0.486 e. The van der Waals surface area contributed by atoms with Gasteiger partial charge < -0.3 is 19.5 Å². The molecule has 28 heavy (non-hydrogen) atoms. The molecule has 0 spiro atoms. The summed E-state index contributed by atoms with van der Waals surface area (Å²) in [4.78, 5) is 28.4. The fraction of sp³-hybridized carbons (Fsp3) is 0.190. The van der Waals surface area contributed by atoms with Crippen molar-refractivity contribution in [1.29, 1.82) is 0 Å². The molecule has 142 valence electrons. The average molecular weight is 378 g/mol. The molecule has 0 saturated heterocycles. The van der Waals surface area contributed by atoms with Gasteiger partial charge in [-0.1, -0.05) is 36.4 Å². The van der Waals surface area contributed by atoms with Crippen LogP contribution in [0.4, 0.5) is 0 Å². The van der Waals surface area contributed by atoms with Gasteiger partial charge in [-0.2, -0.15) is 0 Å². The molecule has 2 aromatic carbocycles. The summed E-state index contributed by atoms with van der Waals surface area (Å²) in [5.41, 5.74) is 0.850. The molecule has 7 heteroatoms. The summed E-state index contributed by atoms with van der Waals surface area (Å²) < 4.78 is 16.4. The number of nitrogens with zero attached hydrogens (tertiary/aromatic N) is 1. The van der Waals surface area contributed by atoms with Gasteiger partial charge in [0.2, 0.25) is 0 Å². The fourth-order valence-corrected chi connectivity index (χ4v) is 2.83. The quantitative estimate of drug-likeness (QED) is 0.686. The summed E-state index contributed by atoms with van der Waals surface area (Å²) in [5.74, 6) is 0.257. The van der Waals surface area contributed by atoms with Crippen molar-refractivity contribution < 1.29 is 23.8 Å².